The fraction of sp³-hybridized carbons (Fsp3) is 0.750. The van der Waals surface area contributed by atoms with Gasteiger partial charge in [-0.15, -0.1) is 6.58 Å². The van der Waals surface area contributed by atoms with E-state index in [-0.39, 0.29) is 5.41 Å². The van der Waals surface area contributed by atoms with Gasteiger partial charge in [-0.25, -0.2) is 0 Å². The minimum absolute atomic E-state index is 0.205. The van der Waals surface area contributed by atoms with Gasteiger partial charge in [-0.05, 0) is 13.3 Å². The minimum Gasteiger partial charge on any atom is -0.381 e. The van der Waals surface area contributed by atoms with E-state index in [9.17, 15) is 0 Å². The molecule has 0 aromatic heterocycles. The first-order valence-corrected chi connectivity index (χ1v) is 5.91. The Morgan fingerprint density at radius 3 is 2.94 bits per heavy atom. The van der Waals surface area contributed by atoms with Gasteiger partial charge in [0.1, 0.15) is 0 Å². The zero-order valence-electron chi connectivity index (χ0n) is 10.4. The first kappa shape index (κ1) is 13.0. The van der Waals surface area contributed by atoms with E-state index in [1.54, 1.807) is 0 Å². The first-order valence-electron chi connectivity index (χ1n) is 5.91. The Morgan fingerprint density at radius 2 is 2.38 bits per heavy atom. The highest BCUT2D eigenvalue weighted by molar-refractivity contribution is 5.79. The van der Waals surface area contributed by atoms with E-state index >= 15 is 0 Å². The number of nitrogens with one attached hydrogen (secondary N) is 2. The molecule has 1 fully saturated rings. The molecule has 2 N–H and O–H groups in total. The fourth-order valence-electron chi connectivity index (χ4n) is 1.61. The Morgan fingerprint density at radius 1 is 1.56 bits per heavy atom. The maximum absolute atomic E-state index is 5.41. The lowest BCUT2D eigenvalue weighted by Gasteiger charge is -2.19. The van der Waals surface area contributed by atoms with Gasteiger partial charge in [-0.1, -0.05) is 13.0 Å². The summed E-state index contributed by atoms with van der Waals surface area (Å²) in [5.41, 5.74) is 0.205. The van der Waals surface area contributed by atoms with Crippen molar-refractivity contribution in [3.8, 4) is 0 Å². The van der Waals surface area contributed by atoms with Crippen LogP contribution in [0.25, 0.3) is 0 Å². The van der Waals surface area contributed by atoms with Gasteiger partial charge in [0.25, 0.3) is 0 Å². The summed E-state index contributed by atoms with van der Waals surface area (Å²) in [4.78, 5) is 4.57. The highest BCUT2D eigenvalue weighted by atomic mass is 16.5. The van der Waals surface area contributed by atoms with E-state index in [2.05, 4.69) is 36.1 Å². The quantitative estimate of drug-likeness (QED) is 0.419. The molecule has 92 valence electrons. The Balaban J connectivity index is 2.45. The Kier molecular flexibility index (Phi) is 5.32. The number of guanidine groups is 1. The molecule has 0 bridgehead atoms. The Hall–Kier alpha value is -1.03. The van der Waals surface area contributed by atoms with Crippen LogP contribution in [0.1, 0.15) is 20.3 Å². The topological polar surface area (TPSA) is 45.7 Å². The number of hydrogen-bond acceptors (Lipinski definition) is 2. The van der Waals surface area contributed by atoms with Gasteiger partial charge in [0.05, 0.1) is 13.2 Å². The molecule has 0 radical (unpaired) electrons. The zero-order valence-corrected chi connectivity index (χ0v) is 10.4. The van der Waals surface area contributed by atoms with Gasteiger partial charge in [-0.3, -0.25) is 4.99 Å². The lowest BCUT2D eigenvalue weighted by Crippen LogP contribution is -2.38. The lowest BCUT2D eigenvalue weighted by atomic mass is 9.90. The third-order valence-corrected chi connectivity index (χ3v) is 2.68. The highest BCUT2D eigenvalue weighted by Gasteiger charge is 2.29. The van der Waals surface area contributed by atoms with E-state index < -0.39 is 0 Å². The number of nitrogens with zero attached hydrogens (tertiary/aromatic N) is 1. The van der Waals surface area contributed by atoms with Crippen LogP contribution in [0.5, 0.6) is 0 Å². The van der Waals surface area contributed by atoms with Gasteiger partial charge >= 0.3 is 0 Å². The van der Waals surface area contributed by atoms with Crippen molar-refractivity contribution in [1.82, 2.24) is 10.6 Å². The molecule has 0 spiro atoms. The summed E-state index contributed by atoms with van der Waals surface area (Å²) in [5.74, 6) is 0.857. The van der Waals surface area contributed by atoms with Crippen molar-refractivity contribution in [3.63, 3.8) is 0 Å². The molecule has 1 unspecified atom stereocenters. The van der Waals surface area contributed by atoms with E-state index in [0.29, 0.717) is 0 Å². The molecular formula is C12H23N3O. The molecule has 1 aliphatic rings. The number of ether oxygens (including phenoxy) is 1. The standard InChI is InChI=1S/C12H23N3O/c1-4-7-14-11(13-5-2)15-9-12(3)6-8-16-10-12/h4H,1,5-10H2,2-3H3,(H2,13,14,15). The molecule has 1 saturated heterocycles. The molecule has 1 atom stereocenters. The molecule has 1 aliphatic heterocycles. The van der Waals surface area contributed by atoms with Crippen molar-refractivity contribution in [2.75, 3.05) is 32.8 Å². The summed E-state index contributed by atoms with van der Waals surface area (Å²) in [5, 5.41) is 6.40. The molecule has 0 amide bonds. The second-order valence-electron chi connectivity index (χ2n) is 4.48. The van der Waals surface area contributed by atoms with E-state index in [1.807, 2.05) is 6.08 Å². The van der Waals surface area contributed by atoms with Gasteiger partial charge in [0.2, 0.25) is 0 Å². The van der Waals surface area contributed by atoms with Crippen molar-refractivity contribution in [1.29, 1.82) is 0 Å². The molecule has 4 nitrogen and oxygen atoms in total. The second kappa shape index (κ2) is 6.53. The molecule has 16 heavy (non-hydrogen) atoms. The van der Waals surface area contributed by atoms with Crippen molar-refractivity contribution < 1.29 is 4.74 Å². The molecular weight excluding hydrogens is 202 g/mol. The summed E-state index contributed by atoms with van der Waals surface area (Å²) in [6, 6.07) is 0. The maximum Gasteiger partial charge on any atom is 0.191 e. The van der Waals surface area contributed by atoms with Crippen molar-refractivity contribution in [3.05, 3.63) is 12.7 Å². The fourth-order valence-corrected chi connectivity index (χ4v) is 1.61. The van der Waals surface area contributed by atoms with Gasteiger partial charge in [-0.2, -0.15) is 0 Å². The van der Waals surface area contributed by atoms with E-state index in [0.717, 1.165) is 45.2 Å². The van der Waals surface area contributed by atoms with Crippen LogP contribution in [0, 0.1) is 5.41 Å². The van der Waals surface area contributed by atoms with Crippen LogP contribution in [0.2, 0.25) is 0 Å². The van der Waals surface area contributed by atoms with Crippen molar-refractivity contribution in [2.45, 2.75) is 20.3 Å². The molecule has 0 aromatic rings. The van der Waals surface area contributed by atoms with Gasteiger partial charge in [0, 0.05) is 25.1 Å². The van der Waals surface area contributed by atoms with E-state index in [4.69, 9.17) is 4.74 Å². The Labute approximate surface area is 98.2 Å². The monoisotopic (exact) mass is 225 g/mol. The molecule has 1 rings (SSSR count). The van der Waals surface area contributed by atoms with Gasteiger partial charge < -0.3 is 15.4 Å². The third kappa shape index (κ3) is 4.23. The van der Waals surface area contributed by atoms with Crippen LogP contribution >= 0.6 is 0 Å². The summed E-state index contributed by atoms with van der Waals surface area (Å²) in [6.07, 6.45) is 2.92. The van der Waals surface area contributed by atoms with Gasteiger partial charge in [0.15, 0.2) is 5.96 Å². The number of rotatable bonds is 5. The summed E-state index contributed by atoms with van der Waals surface area (Å²) in [6.45, 7) is 12.1. The predicted octanol–water partition coefficient (Wildman–Crippen LogP) is 1.15. The van der Waals surface area contributed by atoms with Crippen LogP contribution in [-0.4, -0.2) is 38.8 Å². The normalized spacial score (nSPS) is 25.5. The average Bonchev–Trinajstić information content (AvgIpc) is 2.70. The minimum atomic E-state index is 0.205. The zero-order chi connectivity index (χ0) is 11.9. The maximum atomic E-state index is 5.41. The first-order chi connectivity index (χ1) is 7.70. The van der Waals surface area contributed by atoms with Crippen molar-refractivity contribution in [2.24, 2.45) is 10.4 Å². The predicted molar refractivity (Wildman–Crippen MR) is 67.7 cm³/mol. The molecule has 4 heteroatoms. The lowest BCUT2D eigenvalue weighted by molar-refractivity contribution is 0.163. The summed E-state index contributed by atoms with van der Waals surface area (Å²) >= 11 is 0. The largest absolute Gasteiger partial charge is 0.381 e. The van der Waals surface area contributed by atoms with Crippen LogP contribution in [0.15, 0.2) is 17.6 Å². The molecule has 0 saturated carbocycles. The highest BCUT2D eigenvalue weighted by Crippen LogP contribution is 2.27. The van der Waals surface area contributed by atoms with Crippen LogP contribution in [0.4, 0.5) is 0 Å². The molecule has 0 aromatic carbocycles. The Bertz CT molecular complexity index is 245. The van der Waals surface area contributed by atoms with Crippen LogP contribution in [0.3, 0.4) is 0 Å². The second-order valence-corrected chi connectivity index (χ2v) is 4.48. The average molecular weight is 225 g/mol. The summed E-state index contributed by atoms with van der Waals surface area (Å²) in [7, 11) is 0. The van der Waals surface area contributed by atoms with Crippen molar-refractivity contribution >= 4 is 5.96 Å². The number of aliphatic imine (C=N–C) groups is 1. The third-order valence-electron chi connectivity index (χ3n) is 2.68. The summed E-state index contributed by atoms with van der Waals surface area (Å²) < 4.78 is 5.41. The molecule has 1 heterocycles. The smallest absolute Gasteiger partial charge is 0.191 e. The molecule has 0 aliphatic carbocycles. The van der Waals surface area contributed by atoms with Crippen LogP contribution < -0.4 is 10.6 Å². The van der Waals surface area contributed by atoms with E-state index in [1.165, 1.54) is 0 Å². The van der Waals surface area contributed by atoms with Crippen LogP contribution in [-0.2, 0) is 4.74 Å². The number of hydrogen-bond donors (Lipinski definition) is 2. The SMILES string of the molecule is C=CCNC(=NCC1(C)CCOC1)NCC.